The van der Waals surface area contributed by atoms with Crippen molar-refractivity contribution in [3.05, 3.63) is 52.0 Å². The first-order valence-corrected chi connectivity index (χ1v) is 8.55. The molecule has 1 heterocycles. The van der Waals surface area contributed by atoms with Crippen molar-refractivity contribution in [3.8, 4) is 0 Å². The van der Waals surface area contributed by atoms with E-state index in [9.17, 15) is 9.59 Å². The van der Waals surface area contributed by atoms with Crippen molar-refractivity contribution in [2.24, 2.45) is 5.92 Å². The van der Waals surface area contributed by atoms with Crippen LogP contribution in [-0.2, 0) is 17.8 Å². The SMILES string of the molecule is CC(CCc1nc(C(=O)O)cs1)CNC(=O)OCc1ccccc1. The molecule has 6 nitrogen and oxygen atoms in total. The number of hydrogen-bond donors (Lipinski definition) is 2. The van der Waals surface area contributed by atoms with E-state index in [1.807, 2.05) is 37.3 Å². The minimum Gasteiger partial charge on any atom is -0.476 e. The van der Waals surface area contributed by atoms with Crippen LogP contribution in [0.3, 0.4) is 0 Å². The average molecular weight is 348 g/mol. The summed E-state index contributed by atoms with van der Waals surface area (Å²) < 4.78 is 5.15. The average Bonchev–Trinajstić information content (AvgIpc) is 3.06. The van der Waals surface area contributed by atoms with E-state index in [2.05, 4.69) is 10.3 Å². The topological polar surface area (TPSA) is 88.5 Å². The van der Waals surface area contributed by atoms with Crippen molar-refractivity contribution in [2.75, 3.05) is 6.54 Å². The summed E-state index contributed by atoms with van der Waals surface area (Å²) in [5, 5.41) is 13.9. The summed E-state index contributed by atoms with van der Waals surface area (Å²) in [4.78, 5) is 26.5. The number of carboxylic acids is 1. The van der Waals surface area contributed by atoms with Gasteiger partial charge < -0.3 is 15.2 Å². The Morgan fingerprint density at radius 2 is 2.08 bits per heavy atom. The van der Waals surface area contributed by atoms with Crippen LogP contribution in [0.15, 0.2) is 35.7 Å². The molecule has 1 aromatic heterocycles. The molecule has 2 rings (SSSR count). The molecule has 0 fully saturated rings. The molecule has 0 aliphatic carbocycles. The Morgan fingerprint density at radius 1 is 1.33 bits per heavy atom. The number of hydrogen-bond acceptors (Lipinski definition) is 5. The number of carbonyl (C=O) groups excluding carboxylic acids is 1. The molecule has 0 aliphatic heterocycles. The molecular weight excluding hydrogens is 328 g/mol. The summed E-state index contributed by atoms with van der Waals surface area (Å²) in [6, 6.07) is 9.50. The number of aryl methyl sites for hydroxylation is 1. The van der Waals surface area contributed by atoms with Crippen LogP contribution >= 0.6 is 11.3 Å². The monoisotopic (exact) mass is 348 g/mol. The number of aromatic carboxylic acids is 1. The van der Waals surface area contributed by atoms with Gasteiger partial charge >= 0.3 is 12.1 Å². The third-order valence-electron chi connectivity index (χ3n) is 3.43. The van der Waals surface area contributed by atoms with E-state index in [-0.39, 0.29) is 18.2 Å². The fraction of sp³-hybridized carbons (Fsp3) is 0.353. The first-order chi connectivity index (χ1) is 11.5. The van der Waals surface area contributed by atoms with Crippen LogP contribution in [0.25, 0.3) is 0 Å². The lowest BCUT2D eigenvalue weighted by Gasteiger charge is -2.12. The van der Waals surface area contributed by atoms with Gasteiger partial charge in [0.15, 0.2) is 5.69 Å². The van der Waals surface area contributed by atoms with Gasteiger partial charge in [-0.25, -0.2) is 14.6 Å². The molecule has 0 bridgehead atoms. The molecule has 0 saturated carbocycles. The van der Waals surface area contributed by atoms with Crippen molar-refractivity contribution in [3.63, 3.8) is 0 Å². The van der Waals surface area contributed by atoms with E-state index < -0.39 is 12.1 Å². The molecule has 2 N–H and O–H groups in total. The van der Waals surface area contributed by atoms with Gasteiger partial charge in [0, 0.05) is 11.9 Å². The zero-order valence-corrected chi connectivity index (χ0v) is 14.2. The lowest BCUT2D eigenvalue weighted by atomic mass is 10.1. The Morgan fingerprint density at radius 3 is 2.75 bits per heavy atom. The molecule has 2 aromatic rings. The van der Waals surface area contributed by atoms with Crippen LogP contribution in [0.2, 0.25) is 0 Å². The largest absolute Gasteiger partial charge is 0.476 e. The van der Waals surface area contributed by atoms with Crippen LogP contribution in [0.4, 0.5) is 4.79 Å². The maximum absolute atomic E-state index is 11.7. The molecule has 128 valence electrons. The number of benzene rings is 1. The van der Waals surface area contributed by atoms with Crippen LogP contribution < -0.4 is 5.32 Å². The predicted octanol–water partition coefficient (Wildman–Crippen LogP) is 3.34. The molecule has 1 atom stereocenters. The Kier molecular flexibility index (Phi) is 6.74. The number of thiazole rings is 1. The van der Waals surface area contributed by atoms with Gasteiger partial charge in [-0.15, -0.1) is 11.3 Å². The van der Waals surface area contributed by atoms with Crippen LogP contribution in [-0.4, -0.2) is 28.7 Å². The third-order valence-corrected chi connectivity index (χ3v) is 4.34. The molecule has 0 radical (unpaired) electrons. The number of rotatable bonds is 8. The van der Waals surface area contributed by atoms with Gasteiger partial charge in [-0.3, -0.25) is 0 Å². The van der Waals surface area contributed by atoms with Crippen molar-refractivity contribution in [1.29, 1.82) is 0 Å². The fourth-order valence-corrected chi connectivity index (χ4v) is 2.82. The van der Waals surface area contributed by atoms with Crippen LogP contribution in [0, 0.1) is 5.92 Å². The summed E-state index contributed by atoms with van der Waals surface area (Å²) in [7, 11) is 0. The maximum Gasteiger partial charge on any atom is 0.407 e. The van der Waals surface area contributed by atoms with Crippen LogP contribution in [0.1, 0.15) is 34.4 Å². The van der Waals surface area contributed by atoms with Gasteiger partial charge in [-0.2, -0.15) is 0 Å². The Labute approximate surface area is 144 Å². The van der Waals surface area contributed by atoms with Crippen molar-refractivity contribution < 1.29 is 19.4 Å². The highest BCUT2D eigenvalue weighted by atomic mass is 32.1. The summed E-state index contributed by atoms with van der Waals surface area (Å²) in [5.74, 6) is -0.764. The van der Waals surface area contributed by atoms with Gasteiger partial charge in [0.1, 0.15) is 6.61 Å². The highest BCUT2D eigenvalue weighted by Crippen LogP contribution is 2.14. The lowest BCUT2D eigenvalue weighted by Crippen LogP contribution is -2.29. The number of nitrogens with zero attached hydrogens (tertiary/aromatic N) is 1. The zero-order valence-electron chi connectivity index (χ0n) is 13.4. The van der Waals surface area contributed by atoms with Crippen LogP contribution in [0.5, 0.6) is 0 Å². The standard InChI is InChI=1S/C17H20N2O4S/c1-12(7-8-15-19-14(11-24-15)16(20)21)9-18-17(22)23-10-13-5-3-2-4-6-13/h2-6,11-12H,7-10H2,1H3,(H,18,22)(H,20,21). The summed E-state index contributed by atoms with van der Waals surface area (Å²) >= 11 is 1.35. The van der Waals surface area contributed by atoms with E-state index in [1.54, 1.807) is 5.38 Å². The van der Waals surface area contributed by atoms with E-state index in [0.717, 1.165) is 17.0 Å². The summed E-state index contributed by atoms with van der Waals surface area (Å²) in [6.45, 7) is 2.77. The van der Waals surface area contributed by atoms with E-state index in [0.29, 0.717) is 13.0 Å². The number of alkyl carbamates (subject to hydrolysis) is 1. The number of aromatic nitrogens is 1. The highest BCUT2D eigenvalue weighted by molar-refractivity contribution is 7.09. The van der Waals surface area contributed by atoms with Gasteiger partial charge in [-0.05, 0) is 24.3 Å². The number of ether oxygens (including phenoxy) is 1. The fourth-order valence-electron chi connectivity index (χ4n) is 2.03. The molecule has 7 heteroatoms. The highest BCUT2D eigenvalue weighted by Gasteiger charge is 2.11. The van der Waals surface area contributed by atoms with E-state index in [4.69, 9.17) is 9.84 Å². The Balaban J connectivity index is 1.64. The molecule has 0 spiro atoms. The first-order valence-electron chi connectivity index (χ1n) is 7.67. The van der Waals surface area contributed by atoms with Crippen molar-refractivity contribution in [1.82, 2.24) is 10.3 Å². The molecule has 0 saturated heterocycles. The molecular formula is C17H20N2O4S. The second-order valence-corrected chi connectivity index (χ2v) is 6.46. The minimum atomic E-state index is -1.01. The van der Waals surface area contributed by atoms with E-state index >= 15 is 0 Å². The second kappa shape index (κ2) is 9.02. The Bertz CT molecular complexity index is 672. The number of carbonyl (C=O) groups is 2. The van der Waals surface area contributed by atoms with Gasteiger partial charge in [0.25, 0.3) is 0 Å². The second-order valence-electron chi connectivity index (χ2n) is 5.52. The van der Waals surface area contributed by atoms with E-state index in [1.165, 1.54) is 11.3 Å². The molecule has 1 unspecified atom stereocenters. The molecule has 1 amide bonds. The smallest absolute Gasteiger partial charge is 0.407 e. The van der Waals surface area contributed by atoms with Crippen molar-refractivity contribution >= 4 is 23.4 Å². The lowest BCUT2D eigenvalue weighted by molar-refractivity contribution is 0.0691. The summed E-state index contributed by atoms with van der Waals surface area (Å²) in [5.41, 5.74) is 1.03. The normalized spacial score (nSPS) is 11.7. The number of carboxylic acid groups (broad SMARTS) is 1. The first kappa shape index (κ1) is 17.9. The van der Waals surface area contributed by atoms with Gasteiger partial charge in [0.2, 0.25) is 0 Å². The molecule has 0 aliphatic rings. The summed E-state index contributed by atoms with van der Waals surface area (Å²) in [6.07, 6.45) is 1.07. The zero-order chi connectivity index (χ0) is 17.4. The minimum absolute atomic E-state index is 0.0882. The molecule has 1 aromatic carbocycles. The number of nitrogens with one attached hydrogen (secondary N) is 1. The van der Waals surface area contributed by atoms with Gasteiger partial charge in [-0.1, -0.05) is 37.3 Å². The quantitative estimate of drug-likeness (QED) is 0.764. The predicted molar refractivity (Wildman–Crippen MR) is 91.2 cm³/mol. The number of amides is 1. The third kappa shape index (κ3) is 6.00. The molecule has 24 heavy (non-hydrogen) atoms. The Hall–Kier alpha value is -2.41. The van der Waals surface area contributed by atoms with Gasteiger partial charge in [0.05, 0.1) is 5.01 Å². The maximum atomic E-state index is 11.7. The van der Waals surface area contributed by atoms with Crippen molar-refractivity contribution in [2.45, 2.75) is 26.4 Å².